The smallest absolute Gasteiger partial charge is 0.260 e. The molecular weight excluding hydrogens is 488 g/mol. The molecule has 0 radical (unpaired) electrons. The van der Waals surface area contributed by atoms with Crippen LogP contribution in [0.5, 0.6) is 11.5 Å². The van der Waals surface area contributed by atoms with Gasteiger partial charge in [0.25, 0.3) is 5.91 Å². The highest BCUT2D eigenvalue weighted by Crippen LogP contribution is 2.20. The van der Waals surface area contributed by atoms with Crippen molar-refractivity contribution < 1.29 is 27.4 Å². The van der Waals surface area contributed by atoms with E-state index in [1.807, 2.05) is 12.1 Å². The summed E-state index contributed by atoms with van der Waals surface area (Å²) in [5, 5.41) is 2.75. The normalized spacial score (nSPS) is 15.8. The maximum atomic E-state index is 12.6. The molecule has 0 aliphatic carbocycles. The van der Waals surface area contributed by atoms with Crippen molar-refractivity contribution in [2.45, 2.75) is 17.9 Å². The highest BCUT2D eigenvalue weighted by Gasteiger charge is 2.26. The molecule has 8 nitrogen and oxygen atoms in total. The molecule has 10 heteroatoms. The van der Waals surface area contributed by atoms with Gasteiger partial charge in [0.1, 0.15) is 18.1 Å². The molecule has 2 aromatic rings. The molecule has 0 saturated carbocycles. The Morgan fingerprint density at radius 3 is 2.35 bits per heavy atom. The summed E-state index contributed by atoms with van der Waals surface area (Å²) in [6, 6.07) is 13.5. The van der Waals surface area contributed by atoms with Crippen molar-refractivity contribution in [3.05, 3.63) is 53.0 Å². The van der Waals surface area contributed by atoms with Crippen molar-refractivity contribution in [1.82, 2.24) is 9.62 Å². The fourth-order valence-electron chi connectivity index (χ4n) is 2.90. The summed E-state index contributed by atoms with van der Waals surface area (Å²) < 4.78 is 44.0. The molecule has 3 rings (SSSR count). The molecule has 1 N–H and O–H groups in total. The van der Waals surface area contributed by atoms with Crippen LogP contribution in [0.25, 0.3) is 0 Å². The average molecular weight is 513 g/mol. The van der Waals surface area contributed by atoms with Crippen LogP contribution in [0.2, 0.25) is 0 Å². The minimum Gasteiger partial charge on any atom is -0.492 e. The molecule has 31 heavy (non-hydrogen) atoms. The van der Waals surface area contributed by atoms with Gasteiger partial charge < -0.3 is 19.5 Å². The zero-order valence-electron chi connectivity index (χ0n) is 17.1. The molecule has 0 spiro atoms. The summed E-state index contributed by atoms with van der Waals surface area (Å²) in [6.07, 6.45) is -0.647. The number of nitrogens with zero attached hydrogens (tertiary/aromatic N) is 1. The lowest BCUT2D eigenvalue weighted by Gasteiger charge is -2.26. The Bertz CT molecular complexity index is 960. The van der Waals surface area contributed by atoms with Crippen LogP contribution in [0.1, 0.15) is 6.92 Å². The molecule has 1 aliphatic rings. The van der Waals surface area contributed by atoms with Crippen LogP contribution in [0.4, 0.5) is 0 Å². The van der Waals surface area contributed by atoms with Crippen molar-refractivity contribution in [3.63, 3.8) is 0 Å². The highest BCUT2D eigenvalue weighted by molar-refractivity contribution is 9.10. The Balaban J connectivity index is 1.42. The first-order chi connectivity index (χ1) is 14.9. The standard InChI is InChI=1S/C21H25BrN2O6S/c1-16(30-19-4-2-17(22)3-5-19)21(25)23-10-13-29-18-6-8-20(9-7-18)31(26,27)24-11-14-28-15-12-24/h2-9,16H,10-15H2,1H3,(H,23,25)/t16-/m0/s1. The van der Waals surface area contributed by atoms with Crippen LogP contribution in [0.15, 0.2) is 57.9 Å². The summed E-state index contributed by atoms with van der Waals surface area (Å²) in [4.78, 5) is 12.4. The maximum Gasteiger partial charge on any atom is 0.260 e. The van der Waals surface area contributed by atoms with Gasteiger partial charge in [-0.3, -0.25) is 4.79 Å². The number of ether oxygens (including phenoxy) is 3. The van der Waals surface area contributed by atoms with Crippen LogP contribution in [0, 0.1) is 0 Å². The number of hydrogen-bond acceptors (Lipinski definition) is 6. The van der Waals surface area contributed by atoms with Gasteiger partial charge in [0.15, 0.2) is 6.10 Å². The van der Waals surface area contributed by atoms with Gasteiger partial charge in [0, 0.05) is 17.6 Å². The van der Waals surface area contributed by atoms with Gasteiger partial charge >= 0.3 is 0 Å². The van der Waals surface area contributed by atoms with E-state index in [0.717, 1.165) is 4.47 Å². The molecule has 168 valence electrons. The van der Waals surface area contributed by atoms with Crippen LogP contribution < -0.4 is 14.8 Å². The summed E-state index contributed by atoms with van der Waals surface area (Å²) in [5.74, 6) is 0.877. The Morgan fingerprint density at radius 1 is 1.10 bits per heavy atom. The largest absolute Gasteiger partial charge is 0.492 e. The molecule has 1 amide bonds. The van der Waals surface area contributed by atoms with E-state index in [2.05, 4.69) is 21.2 Å². The Labute approximate surface area is 190 Å². The van der Waals surface area contributed by atoms with Crippen molar-refractivity contribution >= 4 is 31.9 Å². The van der Waals surface area contributed by atoms with Crippen molar-refractivity contribution in [3.8, 4) is 11.5 Å². The maximum absolute atomic E-state index is 12.6. The third-order valence-electron chi connectivity index (χ3n) is 4.60. The lowest BCUT2D eigenvalue weighted by Crippen LogP contribution is -2.40. The molecule has 0 aromatic heterocycles. The van der Waals surface area contributed by atoms with Crippen LogP contribution in [-0.4, -0.2) is 64.2 Å². The van der Waals surface area contributed by atoms with Gasteiger partial charge in [-0.1, -0.05) is 15.9 Å². The predicted molar refractivity (Wildman–Crippen MR) is 119 cm³/mol. The van der Waals surface area contributed by atoms with E-state index in [0.29, 0.717) is 44.3 Å². The average Bonchev–Trinajstić information content (AvgIpc) is 2.79. The van der Waals surface area contributed by atoms with E-state index in [9.17, 15) is 13.2 Å². The SMILES string of the molecule is C[C@H](Oc1ccc(Br)cc1)C(=O)NCCOc1ccc(S(=O)(=O)N2CCOCC2)cc1. The number of halogens is 1. The minimum atomic E-state index is -3.53. The molecule has 0 unspecified atom stereocenters. The zero-order chi connectivity index (χ0) is 22.3. The van der Waals surface area contributed by atoms with Gasteiger partial charge in [0.05, 0.1) is 24.7 Å². The lowest BCUT2D eigenvalue weighted by atomic mass is 10.3. The van der Waals surface area contributed by atoms with Crippen LogP contribution in [-0.2, 0) is 19.6 Å². The van der Waals surface area contributed by atoms with E-state index < -0.39 is 16.1 Å². The highest BCUT2D eigenvalue weighted by atomic mass is 79.9. The van der Waals surface area contributed by atoms with Gasteiger partial charge in [-0.15, -0.1) is 0 Å². The van der Waals surface area contributed by atoms with E-state index in [-0.39, 0.29) is 17.4 Å². The minimum absolute atomic E-state index is 0.217. The number of sulfonamides is 1. The third kappa shape index (κ3) is 6.67. The van der Waals surface area contributed by atoms with Crippen molar-refractivity contribution in [2.24, 2.45) is 0 Å². The summed E-state index contributed by atoms with van der Waals surface area (Å²) in [7, 11) is -3.53. The van der Waals surface area contributed by atoms with Crippen LogP contribution in [0.3, 0.4) is 0 Å². The predicted octanol–water partition coefficient (Wildman–Crippen LogP) is 2.43. The summed E-state index contributed by atoms with van der Waals surface area (Å²) in [5.41, 5.74) is 0. The quantitative estimate of drug-likeness (QED) is 0.518. The second kappa shape index (κ2) is 10.9. The molecule has 1 saturated heterocycles. The molecule has 1 atom stereocenters. The van der Waals surface area contributed by atoms with Crippen LogP contribution >= 0.6 is 15.9 Å². The van der Waals surface area contributed by atoms with E-state index in [1.165, 1.54) is 16.4 Å². The first-order valence-corrected chi connectivity index (χ1v) is 12.1. The van der Waals surface area contributed by atoms with E-state index in [4.69, 9.17) is 14.2 Å². The number of carbonyl (C=O) groups excluding carboxylic acids is 1. The summed E-state index contributed by atoms with van der Waals surface area (Å²) >= 11 is 3.35. The molecular formula is C21H25BrN2O6S. The van der Waals surface area contributed by atoms with E-state index >= 15 is 0 Å². The third-order valence-corrected chi connectivity index (χ3v) is 7.04. The first-order valence-electron chi connectivity index (χ1n) is 9.87. The Morgan fingerprint density at radius 2 is 1.71 bits per heavy atom. The van der Waals surface area contributed by atoms with Gasteiger partial charge in [0.2, 0.25) is 10.0 Å². The second-order valence-corrected chi connectivity index (χ2v) is 9.69. The topological polar surface area (TPSA) is 94.2 Å². The molecule has 1 fully saturated rings. The van der Waals surface area contributed by atoms with Gasteiger partial charge in [-0.05, 0) is 55.5 Å². The fourth-order valence-corrected chi connectivity index (χ4v) is 4.57. The van der Waals surface area contributed by atoms with Crippen molar-refractivity contribution in [2.75, 3.05) is 39.5 Å². The molecule has 2 aromatic carbocycles. The fraction of sp³-hybridized carbons (Fsp3) is 0.381. The number of benzene rings is 2. The number of rotatable bonds is 9. The van der Waals surface area contributed by atoms with Crippen molar-refractivity contribution in [1.29, 1.82) is 0 Å². The molecule has 1 heterocycles. The summed E-state index contributed by atoms with van der Waals surface area (Å²) in [6.45, 7) is 3.71. The zero-order valence-corrected chi connectivity index (χ0v) is 19.5. The molecule has 1 aliphatic heterocycles. The number of morpholine rings is 1. The first kappa shape index (κ1) is 23.5. The van der Waals surface area contributed by atoms with E-state index in [1.54, 1.807) is 31.2 Å². The Hall–Kier alpha value is -2.14. The number of nitrogens with one attached hydrogen (secondary N) is 1. The number of carbonyl (C=O) groups is 1. The number of amides is 1. The van der Waals surface area contributed by atoms with Gasteiger partial charge in [-0.25, -0.2) is 8.42 Å². The molecule has 0 bridgehead atoms. The lowest BCUT2D eigenvalue weighted by molar-refractivity contribution is -0.127. The van der Waals surface area contributed by atoms with Gasteiger partial charge in [-0.2, -0.15) is 4.31 Å². The number of hydrogen-bond donors (Lipinski definition) is 1. The second-order valence-electron chi connectivity index (χ2n) is 6.84. The Kier molecular flexibility index (Phi) is 8.30. The monoisotopic (exact) mass is 512 g/mol.